The van der Waals surface area contributed by atoms with E-state index < -0.39 is 0 Å². The summed E-state index contributed by atoms with van der Waals surface area (Å²) in [6.45, 7) is 1.88. The highest BCUT2D eigenvalue weighted by molar-refractivity contribution is 8.01. The van der Waals surface area contributed by atoms with E-state index in [2.05, 4.69) is 39.8 Å². The Morgan fingerprint density at radius 1 is 1.15 bits per heavy atom. The average molecular weight is 398 g/mol. The Morgan fingerprint density at radius 2 is 1.93 bits per heavy atom. The molecule has 0 unspecified atom stereocenters. The van der Waals surface area contributed by atoms with Crippen molar-refractivity contribution in [3.05, 3.63) is 71.8 Å². The van der Waals surface area contributed by atoms with Gasteiger partial charge >= 0.3 is 0 Å². The van der Waals surface area contributed by atoms with Crippen molar-refractivity contribution in [2.45, 2.75) is 11.3 Å². The van der Waals surface area contributed by atoms with Crippen molar-refractivity contribution in [2.75, 3.05) is 17.7 Å². The van der Waals surface area contributed by atoms with E-state index in [1.165, 1.54) is 11.3 Å². The number of amides is 1. The van der Waals surface area contributed by atoms with Crippen molar-refractivity contribution in [3.8, 4) is 5.75 Å². The van der Waals surface area contributed by atoms with Crippen molar-refractivity contribution >= 4 is 40.2 Å². The van der Waals surface area contributed by atoms with Gasteiger partial charge in [0.15, 0.2) is 10.9 Å². The molecule has 27 heavy (non-hydrogen) atoms. The second-order valence-corrected chi connectivity index (χ2v) is 7.84. The largest absolute Gasteiger partial charge is 0.483 e. The number of carbonyl (C=O) groups is 1. The number of rotatable bonds is 8. The minimum Gasteiger partial charge on any atom is -0.483 e. The van der Waals surface area contributed by atoms with Crippen LogP contribution in [0.1, 0.15) is 11.1 Å². The molecule has 0 aliphatic carbocycles. The Kier molecular flexibility index (Phi) is 7.01. The third-order valence-corrected chi connectivity index (χ3v) is 5.44. The standard InChI is InChI=1S/C20H19N3O2S2/c1-15-8-5-6-12-17(15)25-14-18(24)21-19-22-23-20(27-19)26-13-7-11-16-9-3-2-4-10-16/h2-12H,13-14H2,1H3,(H,21,22,24)/b11-7+. The highest BCUT2D eigenvalue weighted by Crippen LogP contribution is 2.25. The highest BCUT2D eigenvalue weighted by Gasteiger charge is 2.09. The molecule has 1 heterocycles. The van der Waals surface area contributed by atoms with Crippen LogP contribution in [0, 0.1) is 6.92 Å². The minimum atomic E-state index is -0.255. The van der Waals surface area contributed by atoms with Crippen LogP contribution < -0.4 is 10.1 Å². The van der Waals surface area contributed by atoms with Gasteiger partial charge in [0.25, 0.3) is 5.91 Å². The summed E-state index contributed by atoms with van der Waals surface area (Å²) in [5, 5.41) is 11.3. The van der Waals surface area contributed by atoms with Gasteiger partial charge in [0.05, 0.1) is 0 Å². The molecule has 3 aromatic rings. The topological polar surface area (TPSA) is 64.1 Å². The molecular formula is C20H19N3O2S2. The molecule has 0 aliphatic rings. The lowest BCUT2D eigenvalue weighted by molar-refractivity contribution is -0.118. The monoisotopic (exact) mass is 397 g/mol. The quantitative estimate of drug-likeness (QED) is 0.442. The summed E-state index contributed by atoms with van der Waals surface area (Å²) in [4.78, 5) is 12.0. The Hall–Kier alpha value is -2.64. The van der Waals surface area contributed by atoms with Crippen LogP contribution in [0.4, 0.5) is 5.13 Å². The van der Waals surface area contributed by atoms with Crippen molar-refractivity contribution in [1.82, 2.24) is 10.2 Å². The van der Waals surface area contributed by atoms with E-state index in [1.807, 2.05) is 49.4 Å². The number of aryl methyl sites for hydroxylation is 1. The maximum Gasteiger partial charge on any atom is 0.264 e. The highest BCUT2D eigenvalue weighted by atomic mass is 32.2. The lowest BCUT2D eigenvalue weighted by atomic mass is 10.2. The molecule has 7 heteroatoms. The normalized spacial score (nSPS) is 10.9. The van der Waals surface area contributed by atoms with Crippen molar-refractivity contribution < 1.29 is 9.53 Å². The Labute approximate surface area is 166 Å². The van der Waals surface area contributed by atoms with Crippen LogP contribution in [0.25, 0.3) is 6.08 Å². The summed E-state index contributed by atoms with van der Waals surface area (Å²) >= 11 is 2.93. The zero-order valence-corrected chi connectivity index (χ0v) is 16.4. The number of nitrogens with one attached hydrogen (secondary N) is 1. The zero-order valence-electron chi connectivity index (χ0n) is 14.8. The summed E-state index contributed by atoms with van der Waals surface area (Å²) < 4.78 is 6.34. The van der Waals surface area contributed by atoms with Crippen molar-refractivity contribution in [3.63, 3.8) is 0 Å². The van der Waals surface area contributed by atoms with E-state index in [4.69, 9.17) is 4.74 Å². The molecule has 0 atom stereocenters. The number of anilines is 1. The lowest BCUT2D eigenvalue weighted by Crippen LogP contribution is -2.20. The molecule has 0 saturated carbocycles. The molecule has 1 amide bonds. The number of hydrogen-bond donors (Lipinski definition) is 1. The van der Waals surface area contributed by atoms with Crippen molar-refractivity contribution in [1.29, 1.82) is 0 Å². The maximum absolute atomic E-state index is 12.0. The number of nitrogens with zero attached hydrogens (tertiary/aromatic N) is 2. The van der Waals surface area contributed by atoms with E-state index in [0.29, 0.717) is 10.9 Å². The number of ether oxygens (including phenoxy) is 1. The number of thioether (sulfide) groups is 1. The average Bonchev–Trinajstić information content (AvgIpc) is 3.12. The molecule has 1 N–H and O–H groups in total. The van der Waals surface area contributed by atoms with Crippen LogP contribution >= 0.6 is 23.1 Å². The first-order valence-electron chi connectivity index (χ1n) is 8.37. The van der Waals surface area contributed by atoms with Crippen molar-refractivity contribution in [2.24, 2.45) is 0 Å². The summed E-state index contributed by atoms with van der Waals surface area (Å²) in [5.74, 6) is 1.23. The molecule has 0 fully saturated rings. The molecule has 1 aromatic heterocycles. The first-order chi connectivity index (χ1) is 13.2. The maximum atomic E-state index is 12.0. The fourth-order valence-corrected chi connectivity index (χ4v) is 3.81. The summed E-state index contributed by atoms with van der Waals surface area (Å²) in [6, 6.07) is 17.7. The number of aromatic nitrogens is 2. The third-order valence-electron chi connectivity index (χ3n) is 3.52. The van der Waals surface area contributed by atoms with Crippen LogP contribution in [0.2, 0.25) is 0 Å². The fourth-order valence-electron chi connectivity index (χ4n) is 2.20. The zero-order chi connectivity index (χ0) is 18.9. The van der Waals surface area contributed by atoms with Gasteiger partial charge in [0.1, 0.15) is 5.75 Å². The number of carbonyl (C=O) groups excluding carboxylic acids is 1. The lowest BCUT2D eigenvalue weighted by Gasteiger charge is -2.07. The van der Waals surface area contributed by atoms with Gasteiger partial charge in [-0.2, -0.15) is 0 Å². The Balaban J connectivity index is 1.43. The molecule has 5 nitrogen and oxygen atoms in total. The van der Waals surface area contributed by atoms with Crippen LogP contribution in [-0.2, 0) is 4.79 Å². The van der Waals surface area contributed by atoms with Gasteiger partial charge in [-0.3, -0.25) is 10.1 Å². The molecule has 0 saturated heterocycles. The molecule has 0 radical (unpaired) electrons. The van der Waals surface area contributed by atoms with Crippen LogP contribution in [0.5, 0.6) is 5.75 Å². The predicted molar refractivity (Wildman–Crippen MR) is 111 cm³/mol. The first kappa shape index (κ1) is 19.1. The van der Waals surface area contributed by atoms with Gasteiger partial charge in [-0.15, -0.1) is 10.2 Å². The molecule has 0 bridgehead atoms. The summed E-state index contributed by atoms with van der Waals surface area (Å²) in [5.41, 5.74) is 2.15. The number of benzene rings is 2. The SMILES string of the molecule is Cc1ccccc1OCC(=O)Nc1nnc(SC/C=C/c2ccccc2)s1. The van der Waals surface area contributed by atoms with Gasteiger partial charge in [-0.25, -0.2) is 0 Å². The smallest absolute Gasteiger partial charge is 0.264 e. The summed E-state index contributed by atoms with van der Waals surface area (Å²) in [6.07, 6.45) is 4.15. The number of hydrogen-bond acceptors (Lipinski definition) is 6. The molecule has 0 aliphatic heterocycles. The van der Waals surface area contributed by atoms with Gasteiger partial charge in [-0.05, 0) is 24.1 Å². The van der Waals surface area contributed by atoms with Gasteiger partial charge in [-0.1, -0.05) is 83.8 Å². The van der Waals surface area contributed by atoms with E-state index in [9.17, 15) is 4.79 Å². The number of para-hydroxylation sites is 1. The first-order valence-corrected chi connectivity index (χ1v) is 10.2. The fraction of sp³-hybridized carbons (Fsp3) is 0.150. The van der Waals surface area contributed by atoms with Gasteiger partial charge in [0.2, 0.25) is 5.13 Å². The molecule has 138 valence electrons. The van der Waals surface area contributed by atoms with Crippen LogP contribution in [-0.4, -0.2) is 28.5 Å². The second-order valence-electron chi connectivity index (χ2n) is 5.60. The molecule has 3 rings (SSSR count). The van der Waals surface area contributed by atoms with E-state index in [1.54, 1.807) is 11.8 Å². The molecular weight excluding hydrogens is 378 g/mol. The van der Waals surface area contributed by atoms with E-state index >= 15 is 0 Å². The Bertz CT molecular complexity index is 910. The van der Waals surface area contributed by atoms with Gasteiger partial charge in [0, 0.05) is 5.75 Å². The van der Waals surface area contributed by atoms with E-state index in [-0.39, 0.29) is 12.5 Å². The van der Waals surface area contributed by atoms with Crippen LogP contribution in [0.3, 0.4) is 0 Å². The third kappa shape index (κ3) is 6.23. The summed E-state index contributed by atoms with van der Waals surface area (Å²) in [7, 11) is 0. The second kappa shape index (κ2) is 9.89. The molecule has 2 aromatic carbocycles. The van der Waals surface area contributed by atoms with E-state index in [0.717, 1.165) is 21.2 Å². The van der Waals surface area contributed by atoms with Crippen LogP contribution in [0.15, 0.2) is 65.0 Å². The Morgan fingerprint density at radius 3 is 2.74 bits per heavy atom. The molecule has 0 spiro atoms. The predicted octanol–water partition coefficient (Wildman–Crippen LogP) is 4.67. The van der Waals surface area contributed by atoms with Gasteiger partial charge < -0.3 is 4.74 Å². The minimum absolute atomic E-state index is 0.0628.